The number of nitriles is 1. The monoisotopic (exact) mass is 352 g/mol. The Morgan fingerprint density at radius 2 is 1.73 bits per heavy atom. The van der Waals surface area contributed by atoms with Crippen molar-refractivity contribution < 1.29 is 14.3 Å². The Kier molecular flexibility index (Phi) is 7.04. The third-order valence-electron chi connectivity index (χ3n) is 4.05. The lowest BCUT2D eigenvalue weighted by atomic mass is 10.1. The molecular weight excluding hydrogens is 328 g/mol. The highest BCUT2D eigenvalue weighted by molar-refractivity contribution is 5.94. The molecule has 0 fully saturated rings. The van der Waals surface area contributed by atoms with E-state index in [4.69, 9.17) is 14.7 Å². The molecule has 5 heteroatoms. The van der Waals surface area contributed by atoms with Crippen molar-refractivity contribution in [3.63, 3.8) is 0 Å². The molecule has 0 aromatic heterocycles. The fourth-order valence-electron chi connectivity index (χ4n) is 2.48. The van der Waals surface area contributed by atoms with Gasteiger partial charge in [-0.2, -0.15) is 5.26 Å². The number of hydrogen-bond donors (Lipinski definition) is 0. The number of amides is 1. The number of nitrogens with zero attached hydrogens (tertiary/aromatic N) is 2. The molecule has 0 radical (unpaired) electrons. The summed E-state index contributed by atoms with van der Waals surface area (Å²) < 4.78 is 11.1. The van der Waals surface area contributed by atoms with Crippen molar-refractivity contribution in [2.45, 2.75) is 27.2 Å². The molecule has 0 aliphatic heterocycles. The number of aryl methyl sites for hydroxylation is 2. The Balaban J connectivity index is 2.08. The van der Waals surface area contributed by atoms with Crippen molar-refractivity contribution in [2.75, 3.05) is 24.7 Å². The van der Waals surface area contributed by atoms with E-state index in [0.717, 1.165) is 17.0 Å². The van der Waals surface area contributed by atoms with Crippen LogP contribution in [0.15, 0.2) is 42.5 Å². The van der Waals surface area contributed by atoms with Crippen LogP contribution in [0.5, 0.6) is 11.5 Å². The molecule has 2 rings (SSSR count). The summed E-state index contributed by atoms with van der Waals surface area (Å²) in [5, 5.41) is 8.88. The van der Waals surface area contributed by atoms with Crippen LogP contribution in [0.4, 0.5) is 5.69 Å². The second-order valence-corrected chi connectivity index (χ2v) is 5.92. The van der Waals surface area contributed by atoms with Gasteiger partial charge in [0.2, 0.25) is 0 Å². The predicted molar refractivity (Wildman–Crippen MR) is 102 cm³/mol. The molecule has 0 saturated carbocycles. The summed E-state index contributed by atoms with van der Waals surface area (Å²) in [5.74, 6) is 1.21. The van der Waals surface area contributed by atoms with Gasteiger partial charge in [0.15, 0.2) is 6.61 Å². The van der Waals surface area contributed by atoms with E-state index in [9.17, 15) is 4.79 Å². The smallest absolute Gasteiger partial charge is 0.264 e. The lowest BCUT2D eigenvalue weighted by Gasteiger charge is -2.22. The maximum atomic E-state index is 12.6. The van der Waals surface area contributed by atoms with Crippen LogP contribution >= 0.6 is 0 Å². The topological polar surface area (TPSA) is 62.6 Å². The predicted octanol–water partition coefficient (Wildman–Crippen LogP) is 4.03. The quantitative estimate of drug-likeness (QED) is 0.720. The van der Waals surface area contributed by atoms with Crippen molar-refractivity contribution >= 4 is 11.6 Å². The Morgan fingerprint density at radius 1 is 1.04 bits per heavy atom. The largest absolute Gasteiger partial charge is 0.494 e. The molecule has 0 N–H and O–H groups in total. The van der Waals surface area contributed by atoms with Crippen LogP contribution in [0.2, 0.25) is 0 Å². The number of ether oxygens (including phenoxy) is 2. The highest BCUT2D eigenvalue weighted by Gasteiger charge is 2.16. The highest BCUT2D eigenvalue weighted by atomic mass is 16.5. The molecule has 0 heterocycles. The second kappa shape index (κ2) is 9.47. The van der Waals surface area contributed by atoms with Gasteiger partial charge in [0.25, 0.3) is 5.91 Å². The first kappa shape index (κ1) is 19.3. The maximum Gasteiger partial charge on any atom is 0.264 e. The van der Waals surface area contributed by atoms with E-state index in [-0.39, 0.29) is 18.9 Å². The third-order valence-corrected chi connectivity index (χ3v) is 4.05. The molecule has 0 atom stereocenters. The maximum absolute atomic E-state index is 12.6. The number of carbonyl (C=O) groups is 1. The fraction of sp³-hybridized carbons (Fsp3) is 0.333. The zero-order chi connectivity index (χ0) is 18.9. The minimum atomic E-state index is -0.192. The molecule has 0 bridgehead atoms. The van der Waals surface area contributed by atoms with Crippen molar-refractivity contribution in [3.8, 4) is 17.6 Å². The Morgan fingerprint density at radius 3 is 2.35 bits per heavy atom. The van der Waals surface area contributed by atoms with Gasteiger partial charge in [-0.25, -0.2) is 0 Å². The van der Waals surface area contributed by atoms with Crippen LogP contribution in [0.3, 0.4) is 0 Å². The summed E-state index contributed by atoms with van der Waals surface area (Å²) in [4.78, 5) is 14.2. The number of rotatable bonds is 8. The molecule has 0 aliphatic rings. The number of benzene rings is 2. The second-order valence-electron chi connectivity index (χ2n) is 5.92. The van der Waals surface area contributed by atoms with E-state index in [1.807, 2.05) is 63.2 Å². The van der Waals surface area contributed by atoms with Gasteiger partial charge >= 0.3 is 0 Å². The van der Waals surface area contributed by atoms with Crippen molar-refractivity contribution in [3.05, 3.63) is 53.6 Å². The average molecular weight is 352 g/mol. The standard InChI is InChI=1S/C21H24N2O3/c1-4-25-19-10-7-18(8-11-19)23(13-5-12-22)21(24)15-26-20-9-6-16(2)17(3)14-20/h6-11,14H,4-5,13,15H2,1-3H3. The van der Waals surface area contributed by atoms with Crippen LogP contribution in [-0.4, -0.2) is 25.7 Å². The summed E-state index contributed by atoms with van der Waals surface area (Å²) in [5.41, 5.74) is 3.01. The van der Waals surface area contributed by atoms with Crippen molar-refractivity contribution in [2.24, 2.45) is 0 Å². The number of carbonyl (C=O) groups excluding carboxylic acids is 1. The first-order valence-electron chi connectivity index (χ1n) is 8.65. The summed E-state index contributed by atoms with van der Waals surface area (Å²) in [6.45, 7) is 6.77. The van der Waals surface area contributed by atoms with Gasteiger partial charge in [-0.05, 0) is 68.3 Å². The molecule has 0 saturated heterocycles. The summed E-state index contributed by atoms with van der Waals surface area (Å²) >= 11 is 0. The van der Waals surface area contributed by atoms with E-state index >= 15 is 0 Å². The van der Waals surface area contributed by atoms with Gasteiger partial charge in [0.1, 0.15) is 11.5 Å². The van der Waals surface area contributed by atoms with Gasteiger partial charge in [-0.1, -0.05) is 6.07 Å². The van der Waals surface area contributed by atoms with Crippen LogP contribution in [0, 0.1) is 25.2 Å². The normalized spacial score (nSPS) is 10.1. The zero-order valence-electron chi connectivity index (χ0n) is 15.5. The van der Waals surface area contributed by atoms with Gasteiger partial charge in [0, 0.05) is 12.2 Å². The lowest BCUT2D eigenvalue weighted by Crippen LogP contribution is -2.35. The molecule has 2 aromatic rings. The molecule has 136 valence electrons. The van der Waals surface area contributed by atoms with Crippen molar-refractivity contribution in [1.29, 1.82) is 5.26 Å². The number of hydrogen-bond acceptors (Lipinski definition) is 4. The lowest BCUT2D eigenvalue weighted by molar-refractivity contribution is -0.120. The van der Waals surface area contributed by atoms with E-state index in [0.29, 0.717) is 18.9 Å². The Bertz CT molecular complexity index is 779. The van der Waals surface area contributed by atoms with Crippen LogP contribution in [0.25, 0.3) is 0 Å². The van der Waals surface area contributed by atoms with E-state index in [1.54, 1.807) is 4.90 Å². The molecule has 1 amide bonds. The van der Waals surface area contributed by atoms with E-state index in [1.165, 1.54) is 5.56 Å². The van der Waals surface area contributed by atoms with Gasteiger partial charge in [0.05, 0.1) is 19.1 Å². The SMILES string of the molecule is CCOc1ccc(N(CCC#N)C(=O)COc2ccc(C)c(C)c2)cc1. The highest BCUT2D eigenvalue weighted by Crippen LogP contribution is 2.21. The molecular formula is C21H24N2O3. The molecule has 0 aliphatic carbocycles. The van der Waals surface area contributed by atoms with E-state index < -0.39 is 0 Å². The average Bonchev–Trinajstić information content (AvgIpc) is 2.64. The van der Waals surface area contributed by atoms with Crippen LogP contribution in [0.1, 0.15) is 24.5 Å². The minimum absolute atomic E-state index is 0.0822. The Labute approximate surface area is 154 Å². The van der Waals surface area contributed by atoms with Crippen LogP contribution in [-0.2, 0) is 4.79 Å². The fourth-order valence-corrected chi connectivity index (χ4v) is 2.48. The van der Waals surface area contributed by atoms with Gasteiger partial charge in [-0.3, -0.25) is 4.79 Å². The first-order chi connectivity index (χ1) is 12.5. The zero-order valence-corrected chi connectivity index (χ0v) is 15.5. The summed E-state index contributed by atoms with van der Waals surface area (Å²) in [6.07, 6.45) is 0.253. The van der Waals surface area contributed by atoms with Crippen molar-refractivity contribution in [1.82, 2.24) is 0 Å². The summed E-state index contributed by atoms with van der Waals surface area (Å²) in [7, 11) is 0. The third kappa shape index (κ3) is 5.25. The van der Waals surface area contributed by atoms with Gasteiger partial charge < -0.3 is 14.4 Å². The molecule has 5 nitrogen and oxygen atoms in total. The van der Waals surface area contributed by atoms with Crippen LogP contribution < -0.4 is 14.4 Å². The molecule has 0 unspecified atom stereocenters. The minimum Gasteiger partial charge on any atom is -0.494 e. The first-order valence-corrected chi connectivity index (χ1v) is 8.65. The molecule has 0 spiro atoms. The summed E-state index contributed by atoms with van der Waals surface area (Å²) in [6, 6.07) is 15.1. The van der Waals surface area contributed by atoms with E-state index in [2.05, 4.69) is 6.07 Å². The van der Waals surface area contributed by atoms with Gasteiger partial charge in [-0.15, -0.1) is 0 Å². The number of anilines is 1. The molecule has 2 aromatic carbocycles. The Hall–Kier alpha value is -3.00. The molecule has 26 heavy (non-hydrogen) atoms.